The van der Waals surface area contributed by atoms with Gasteiger partial charge in [0.05, 0.1) is 19.1 Å². The van der Waals surface area contributed by atoms with E-state index in [4.69, 9.17) is 9.47 Å². The minimum absolute atomic E-state index is 0.116. The number of carbonyl (C=O) groups excluding carboxylic acids is 1. The Morgan fingerprint density at radius 3 is 2.81 bits per heavy atom. The van der Waals surface area contributed by atoms with Crippen LogP contribution in [0.1, 0.15) is 26.7 Å². The molecule has 144 valence electrons. The number of benzene rings is 1. The van der Waals surface area contributed by atoms with Crippen molar-refractivity contribution < 1.29 is 18.7 Å². The summed E-state index contributed by atoms with van der Waals surface area (Å²) in [6.07, 6.45) is 1.64. The zero-order chi connectivity index (χ0) is 18.9. The van der Waals surface area contributed by atoms with E-state index in [2.05, 4.69) is 15.2 Å². The summed E-state index contributed by atoms with van der Waals surface area (Å²) in [4.78, 5) is 18.4. The lowest BCUT2D eigenvalue weighted by molar-refractivity contribution is -0.149. The van der Waals surface area contributed by atoms with E-state index in [9.17, 15) is 9.18 Å². The molecule has 2 unspecified atom stereocenters. The average Bonchev–Trinajstić information content (AvgIpc) is 2.64. The van der Waals surface area contributed by atoms with Gasteiger partial charge >= 0.3 is 5.97 Å². The van der Waals surface area contributed by atoms with Crippen LogP contribution in [-0.4, -0.2) is 56.2 Å². The molecule has 0 bridgehead atoms. The van der Waals surface area contributed by atoms with Crippen LogP contribution in [0.15, 0.2) is 29.3 Å². The second-order valence-corrected chi connectivity index (χ2v) is 6.35. The van der Waals surface area contributed by atoms with E-state index >= 15 is 0 Å². The zero-order valence-electron chi connectivity index (χ0n) is 15.7. The van der Waals surface area contributed by atoms with Crippen LogP contribution in [0.4, 0.5) is 4.39 Å². The van der Waals surface area contributed by atoms with Gasteiger partial charge in [0.1, 0.15) is 17.7 Å². The van der Waals surface area contributed by atoms with Crippen LogP contribution in [0.3, 0.4) is 0 Å². The first kappa shape index (κ1) is 20.0. The highest BCUT2D eigenvalue weighted by Crippen LogP contribution is 2.18. The monoisotopic (exact) mass is 365 g/mol. The summed E-state index contributed by atoms with van der Waals surface area (Å²) in [5, 5.41) is 3.29. The fraction of sp³-hybridized carbons (Fsp3) is 0.579. The number of hydrogen-bond donors (Lipinski definition) is 1. The van der Waals surface area contributed by atoms with E-state index in [-0.39, 0.29) is 23.8 Å². The summed E-state index contributed by atoms with van der Waals surface area (Å²) in [5.74, 6) is 0.824. The molecule has 0 radical (unpaired) electrons. The van der Waals surface area contributed by atoms with E-state index < -0.39 is 0 Å². The van der Waals surface area contributed by atoms with Gasteiger partial charge in [0.25, 0.3) is 0 Å². The Balaban J connectivity index is 1.84. The van der Waals surface area contributed by atoms with Gasteiger partial charge in [0.2, 0.25) is 0 Å². The number of nitrogens with one attached hydrogen (secondary N) is 1. The second kappa shape index (κ2) is 9.99. The van der Waals surface area contributed by atoms with Crippen molar-refractivity contribution in [3.8, 4) is 5.75 Å². The first-order valence-corrected chi connectivity index (χ1v) is 9.08. The highest BCUT2D eigenvalue weighted by Gasteiger charge is 2.28. The lowest BCUT2D eigenvalue weighted by Crippen LogP contribution is -2.49. The first-order chi connectivity index (χ1) is 12.5. The van der Waals surface area contributed by atoms with Crippen molar-refractivity contribution in [2.24, 2.45) is 10.9 Å². The lowest BCUT2D eigenvalue weighted by Gasteiger charge is -2.34. The molecule has 2 atom stereocenters. The minimum Gasteiger partial charge on any atom is -0.489 e. The van der Waals surface area contributed by atoms with Crippen LogP contribution in [0.2, 0.25) is 0 Å². The minimum atomic E-state index is -0.287. The van der Waals surface area contributed by atoms with Crippen molar-refractivity contribution in [3.63, 3.8) is 0 Å². The fourth-order valence-electron chi connectivity index (χ4n) is 2.98. The average molecular weight is 365 g/mol. The molecule has 0 aromatic heterocycles. The molecule has 0 spiro atoms. The predicted octanol–water partition coefficient (Wildman–Crippen LogP) is 2.44. The number of halogens is 1. The van der Waals surface area contributed by atoms with Crippen molar-refractivity contribution in [2.75, 3.05) is 33.3 Å². The van der Waals surface area contributed by atoms with Crippen molar-refractivity contribution in [1.82, 2.24) is 10.2 Å². The number of hydrogen-bond acceptors (Lipinski definition) is 4. The summed E-state index contributed by atoms with van der Waals surface area (Å²) < 4.78 is 23.9. The molecular formula is C19H28FN3O3. The normalized spacial score (nSPS) is 19.0. The van der Waals surface area contributed by atoms with Gasteiger partial charge in [-0.05, 0) is 51.0 Å². The number of ether oxygens (including phenoxy) is 2. The third kappa shape index (κ3) is 5.89. The van der Waals surface area contributed by atoms with Gasteiger partial charge in [-0.25, -0.2) is 4.39 Å². The molecule has 1 N–H and O–H groups in total. The zero-order valence-corrected chi connectivity index (χ0v) is 15.7. The molecule has 1 aromatic rings. The number of rotatable bonds is 6. The molecule has 1 aromatic carbocycles. The molecule has 1 aliphatic heterocycles. The molecule has 6 nitrogen and oxygen atoms in total. The second-order valence-electron chi connectivity index (χ2n) is 6.35. The third-order valence-electron chi connectivity index (χ3n) is 4.25. The van der Waals surface area contributed by atoms with Crippen LogP contribution in [-0.2, 0) is 9.53 Å². The molecule has 26 heavy (non-hydrogen) atoms. The van der Waals surface area contributed by atoms with Crippen LogP contribution < -0.4 is 10.1 Å². The third-order valence-corrected chi connectivity index (χ3v) is 4.25. The van der Waals surface area contributed by atoms with Crippen molar-refractivity contribution >= 4 is 11.9 Å². The summed E-state index contributed by atoms with van der Waals surface area (Å²) in [5.41, 5.74) is 0. The van der Waals surface area contributed by atoms with Gasteiger partial charge < -0.3 is 19.7 Å². The lowest BCUT2D eigenvalue weighted by atomic mass is 9.98. The Labute approximate surface area is 154 Å². The van der Waals surface area contributed by atoms with E-state index in [1.54, 1.807) is 19.2 Å². The molecule has 1 heterocycles. The Bertz CT molecular complexity index is 607. The van der Waals surface area contributed by atoms with E-state index in [0.29, 0.717) is 25.4 Å². The highest BCUT2D eigenvalue weighted by atomic mass is 19.1. The number of esters is 1. The number of piperidine rings is 1. The number of carbonyl (C=O) groups is 1. The number of likely N-dealkylation sites (tertiary alicyclic amines) is 1. The van der Waals surface area contributed by atoms with Gasteiger partial charge in [0, 0.05) is 20.1 Å². The Hall–Kier alpha value is -2.31. The Morgan fingerprint density at radius 2 is 2.15 bits per heavy atom. The maximum absolute atomic E-state index is 12.9. The predicted molar refractivity (Wildman–Crippen MR) is 98.8 cm³/mol. The highest BCUT2D eigenvalue weighted by molar-refractivity contribution is 5.81. The summed E-state index contributed by atoms with van der Waals surface area (Å²) in [6, 6.07) is 5.96. The van der Waals surface area contributed by atoms with Crippen LogP contribution >= 0.6 is 0 Å². The standard InChI is InChI=1S/C19H28FN3O3/c1-4-25-18(24)15-6-5-11-23(13-15)19(21-3)22-12-14(2)26-17-9-7-16(20)8-10-17/h7-10,14-15H,4-6,11-13H2,1-3H3,(H,21,22). The van der Waals surface area contributed by atoms with E-state index in [0.717, 1.165) is 25.3 Å². The van der Waals surface area contributed by atoms with E-state index in [1.165, 1.54) is 12.1 Å². The van der Waals surface area contributed by atoms with Gasteiger partial charge in [0.15, 0.2) is 5.96 Å². The van der Waals surface area contributed by atoms with Crippen molar-refractivity contribution in [3.05, 3.63) is 30.1 Å². The molecular weight excluding hydrogens is 337 g/mol. The topological polar surface area (TPSA) is 63.2 Å². The van der Waals surface area contributed by atoms with Gasteiger partial charge in [-0.3, -0.25) is 9.79 Å². The SMILES string of the molecule is CCOC(=O)C1CCCN(C(=NC)NCC(C)Oc2ccc(F)cc2)C1. The summed E-state index contributed by atoms with van der Waals surface area (Å²) in [6.45, 7) is 6.16. The van der Waals surface area contributed by atoms with Crippen molar-refractivity contribution in [2.45, 2.75) is 32.8 Å². The van der Waals surface area contributed by atoms with Gasteiger partial charge in [-0.2, -0.15) is 0 Å². The molecule has 1 fully saturated rings. The summed E-state index contributed by atoms with van der Waals surface area (Å²) >= 11 is 0. The van der Waals surface area contributed by atoms with Crippen LogP contribution in [0.5, 0.6) is 5.75 Å². The van der Waals surface area contributed by atoms with E-state index in [1.807, 2.05) is 13.8 Å². The molecule has 7 heteroatoms. The maximum atomic E-state index is 12.9. The summed E-state index contributed by atoms with van der Waals surface area (Å²) in [7, 11) is 1.72. The quantitative estimate of drug-likeness (QED) is 0.477. The number of guanidine groups is 1. The Morgan fingerprint density at radius 1 is 1.42 bits per heavy atom. The number of aliphatic imine (C=N–C) groups is 1. The van der Waals surface area contributed by atoms with Gasteiger partial charge in [-0.15, -0.1) is 0 Å². The molecule has 0 aliphatic carbocycles. The Kier molecular flexibility index (Phi) is 7.69. The molecule has 1 aliphatic rings. The molecule has 1 saturated heterocycles. The molecule has 2 rings (SSSR count). The van der Waals surface area contributed by atoms with Crippen LogP contribution in [0.25, 0.3) is 0 Å². The number of nitrogens with zero attached hydrogens (tertiary/aromatic N) is 2. The van der Waals surface area contributed by atoms with Gasteiger partial charge in [-0.1, -0.05) is 0 Å². The fourth-order valence-corrected chi connectivity index (χ4v) is 2.98. The van der Waals surface area contributed by atoms with Crippen LogP contribution in [0, 0.1) is 11.7 Å². The maximum Gasteiger partial charge on any atom is 0.310 e. The van der Waals surface area contributed by atoms with Crippen molar-refractivity contribution in [1.29, 1.82) is 0 Å². The largest absolute Gasteiger partial charge is 0.489 e. The molecule has 0 saturated carbocycles. The molecule has 0 amide bonds. The smallest absolute Gasteiger partial charge is 0.310 e. The first-order valence-electron chi connectivity index (χ1n) is 9.08.